The predicted molar refractivity (Wildman–Crippen MR) is 91.3 cm³/mol. The van der Waals surface area contributed by atoms with Crippen LogP contribution < -0.4 is 10.9 Å². The Balaban J connectivity index is 1.82. The molecule has 1 aromatic carbocycles. The monoisotopic (exact) mass is 327 g/mol. The van der Waals surface area contributed by atoms with Gasteiger partial charge in [-0.25, -0.2) is 4.98 Å². The number of nitrogens with one attached hydrogen (secondary N) is 1. The second-order valence-corrected chi connectivity index (χ2v) is 6.39. The minimum Gasteiger partial charge on any atom is -0.480 e. The van der Waals surface area contributed by atoms with E-state index < -0.39 is 5.97 Å². The van der Waals surface area contributed by atoms with Crippen molar-refractivity contribution in [3.63, 3.8) is 0 Å². The van der Waals surface area contributed by atoms with Crippen LogP contribution >= 0.6 is 0 Å². The number of carboxylic acids is 1. The minimum absolute atomic E-state index is 0.0257. The van der Waals surface area contributed by atoms with Crippen LogP contribution in [-0.4, -0.2) is 27.2 Å². The van der Waals surface area contributed by atoms with E-state index in [4.69, 9.17) is 5.11 Å². The van der Waals surface area contributed by atoms with Gasteiger partial charge in [-0.1, -0.05) is 36.8 Å². The Morgan fingerprint density at radius 1 is 1.33 bits per heavy atom. The van der Waals surface area contributed by atoms with Crippen molar-refractivity contribution in [2.24, 2.45) is 0 Å². The zero-order valence-electron chi connectivity index (χ0n) is 13.7. The molecular formula is C18H21N3O3. The maximum atomic E-state index is 12.5. The van der Waals surface area contributed by atoms with Gasteiger partial charge in [-0.3, -0.25) is 14.2 Å². The molecular weight excluding hydrogens is 306 g/mol. The smallest absolute Gasteiger partial charge is 0.323 e. The van der Waals surface area contributed by atoms with Crippen molar-refractivity contribution in [3.8, 4) is 0 Å². The quantitative estimate of drug-likeness (QED) is 0.849. The van der Waals surface area contributed by atoms with Crippen LogP contribution in [0.15, 0.2) is 41.3 Å². The first-order valence-electron chi connectivity index (χ1n) is 8.09. The summed E-state index contributed by atoms with van der Waals surface area (Å²) in [7, 11) is 0. The Kier molecular flexibility index (Phi) is 4.38. The van der Waals surface area contributed by atoms with Gasteiger partial charge in [0.05, 0.1) is 0 Å². The number of carbonyl (C=O) groups is 1. The molecule has 0 radical (unpaired) electrons. The molecule has 6 heteroatoms. The van der Waals surface area contributed by atoms with Gasteiger partial charge in [0.25, 0.3) is 5.56 Å². The van der Waals surface area contributed by atoms with E-state index in [1.54, 1.807) is 6.92 Å². The van der Waals surface area contributed by atoms with E-state index in [-0.39, 0.29) is 23.3 Å². The van der Waals surface area contributed by atoms with Crippen LogP contribution in [0.25, 0.3) is 0 Å². The zero-order chi connectivity index (χ0) is 17.2. The molecule has 126 valence electrons. The molecule has 2 aromatic rings. The fraction of sp³-hybridized carbons (Fsp3) is 0.389. The number of aryl methyl sites for hydroxylation is 1. The van der Waals surface area contributed by atoms with E-state index in [0.29, 0.717) is 12.2 Å². The molecule has 24 heavy (non-hydrogen) atoms. The van der Waals surface area contributed by atoms with Crippen LogP contribution in [0.5, 0.6) is 0 Å². The molecule has 0 atom stereocenters. The fourth-order valence-electron chi connectivity index (χ4n) is 3.24. The lowest BCUT2D eigenvalue weighted by molar-refractivity contribution is -0.137. The van der Waals surface area contributed by atoms with E-state index >= 15 is 0 Å². The Morgan fingerprint density at radius 2 is 2.04 bits per heavy atom. The highest BCUT2D eigenvalue weighted by molar-refractivity contribution is 5.66. The highest BCUT2D eigenvalue weighted by Crippen LogP contribution is 2.43. The molecule has 0 aliphatic heterocycles. The van der Waals surface area contributed by atoms with Gasteiger partial charge in [-0.15, -0.1) is 0 Å². The second-order valence-electron chi connectivity index (χ2n) is 6.39. The lowest BCUT2D eigenvalue weighted by Crippen LogP contribution is -2.42. The molecule has 0 saturated heterocycles. The van der Waals surface area contributed by atoms with Gasteiger partial charge in [-0.05, 0) is 25.3 Å². The molecule has 1 fully saturated rings. The molecule has 1 aromatic heterocycles. The van der Waals surface area contributed by atoms with Crippen LogP contribution in [0.1, 0.15) is 30.5 Å². The van der Waals surface area contributed by atoms with Crippen LogP contribution in [0.2, 0.25) is 0 Å². The van der Waals surface area contributed by atoms with Crippen molar-refractivity contribution < 1.29 is 9.90 Å². The predicted octanol–water partition coefficient (Wildman–Crippen LogP) is 2.17. The summed E-state index contributed by atoms with van der Waals surface area (Å²) in [6.45, 7) is 1.94. The molecule has 3 rings (SSSR count). The summed E-state index contributed by atoms with van der Waals surface area (Å²) in [5.41, 5.74) is 1.44. The first-order valence-corrected chi connectivity index (χ1v) is 8.09. The normalized spacial score (nSPS) is 15.5. The summed E-state index contributed by atoms with van der Waals surface area (Å²) >= 11 is 0. The van der Waals surface area contributed by atoms with Gasteiger partial charge in [0.1, 0.15) is 6.54 Å². The third-order valence-corrected chi connectivity index (χ3v) is 4.84. The number of rotatable bonds is 6. The van der Waals surface area contributed by atoms with Crippen molar-refractivity contribution in [3.05, 3.63) is 58.1 Å². The lowest BCUT2D eigenvalue weighted by Gasteiger charge is -2.42. The van der Waals surface area contributed by atoms with Crippen molar-refractivity contribution in [1.82, 2.24) is 9.55 Å². The maximum absolute atomic E-state index is 12.5. The number of aliphatic carboxylic acids is 1. The topological polar surface area (TPSA) is 84.2 Å². The summed E-state index contributed by atoms with van der Waals surface area (Å²) in [5, 5.41) is 12.1. The average Bonchev–Trinajstić information content (AvgIpc) is 2.53. The SMILES string of the molecule is Cc1cnc(NCC2(c3ccccc3)CCC2)c(=O)n1CC(=O)O. The molecule has 1 heterocycles. The van der Waals surface area contributed by atoms with Crippen molar-refractivity contribution in [1.29, 1.82) is 0 Å². The number of aromatic nitrogens is 2. The first-order chi connectivity index (χ1) is 11.5. The highest BCUT2D eigenvalue weighted by Gasteiger charge is 2.38. The maximum Gasteiger partial charge on any atom is 0.323 e. The van der Waals surface area contributed by atoms with Gasteiger partial charge < -0.3 is 10.4 Å². The molecule has 0 unspecified atom stereocenters. The molecule has 0 bridgehead atoms. The van der Waals surface area contributed by atoms with Crippen LogP contribution in [-0.2, 0) is 16.8 Å². The van der Waals surface area contributed by atoms with Crippen LogP contribution in [0.4, 0.5) is 5.82 Å². The van der Waals surface area contributed by atoms with E-state index in [0.717, 1.165) is 12.8 Å². The number of nitrogens with zero attached hydrogens (tertiary/aromatic N) is 2. The molecule has 2 N–H and O–H groups in total. The Hall–Kier alpha value is -2.63. The van der Waals surface area contributed by atoms with E-state index in [9.17, 15) is 9.59 Å². The fourth-order valence-corrected chi connectivity index (χ4v) is 3.24. The molecule has 1 aliphatic rings. The van der Waals surface area contributed by atoms with E-state index in [1.807, 2.05) is 18.2 Å². The van der Waals surface area contributed by atoms with Gasteiger partial charge in [0, 0.05) is 23.9 Å². The Morgan fingerprint density at radius 3 is 2.62 bits per heavy atom. The lowest BCUT2D eigenvalue weighted by atomic mass is 9.64. The highest BCUT2D eigenvalue weighted by atomic mass is 16.4. The Bertz CT molecular complexity index is 795. The standard InChI is InChI=1S/C18H21N3O3/c1-13-10-19-16(17(24)21(13)11-15(22)23)20-12-18(8-5-9-18)14-6-3-2-4-7-14/h2-4,6-7,10H,5,8-9,11-12H2,1H3,(H,19,20)(H,22,23). The van der Waals surface area contributed by atoms with Crippen molar-refractivity contribution >= 4 is 11.8 Å². The minimum atomic E-state index is -1.04. The second kappa shape index (κ2) is 6.47. The van der Waals surface area contributed by atoms with E-state index in [2.05, 4.69) is 22.4 Å². The van der Waals surface area contributed by atoms with Crippen LogP contribution in [0.3, 0.4) is 0 Å². The summed E-state index contributed by atoms with van der Waals surface area (Å²) in [6.07, 6.45) is 4.84. The molecule has 1 aliphatic carbocycles. The zero-order valence-corrected chi connectivity index (χ0v) is 13.7. The summed E-state index contributed by atoms with van der Waals surface area (Å²) in [5.74, 6) is -0.832. The van der Waals surface area contributed by atoms with Gasteiger partial charge in [-0.2, -0.15) is 0 Å². The third-order valence-electron chi connectivity index (χ3n) is 4.84. The third kappa shape index (κ3) is 3.04. The molecule has 0 spiro atoms. The molecule has 6 nitrogen and oxygen atoms in total. The summed E-state index contributed by atoms with van der Waals surface area (Å²) in [4.78, 5) is 27.6. The molecule has 1 saturated carbocycles. The number of anilines is 1. The van der Waals surface area contributed by atoms with Gasteiger partial charge in [0.2, 0.25) is 0 Å². The van der Waals surface area contributed by atoms with Gasteiger partial charge >= 0.3 is 5.97 Å². The van der Waals surface area contributed by atoms with Crippen molar-refractivity contribution in [2.75, 3.05) is 11.9 Å². The van der Waals surface area contributed by atoms with E-state index in [1.165, 1.54) is 22.7 Å². The summed E-state index contributed by atoms with van der Waals surface area (Å²) in [6, 6.07) is 10.3. The largest absolute Gasteiger partial charge is 0.480 e. The van der Waals surface area contributed by atoms with Crippen molar-refractivity contribution in [2.45, 2.75) is 38.1 Å². The Labute approximate surface area is 140 Å². The number of benzene rings is 1. The first kappa shape index (κ1) is 16.2. The number of hydrogen-bond acceptors (Lipinski definition) is 4. The molecule has 0 amide bonds. The number of carboxylic acid groups (broad SMARTS) is 1. The van der Waals surface area contributed by atoms with Crippen LogP contribution in [0, 0.1) is 6.92 Å². The average molecular weight is 327 g/mol. The van der Waals surface area contributed by atoms with Gasteiger partial charge in [0.15, 0.2) is 5.82 Å². The number of hydrogen-bond donors (Lipinski definition) is 2. The summed E-state index contributed by atoms with van der Waals surface area (Å²) < 4.78 is 1.23.